The molecular weight excluding hydrogens is 374 g/mol. The minimum atomic E-state index is -0.705. The van der Waals surface area contributed by atoms with Crippen molar-refractivity contribution in [3.05, 3.63) is 64.3 Å². The third kappa shape index (κ3) is 3.19. The lowest BCUT2D eigenvalue weighted by Gasteiger charge is -2.12. The van der Waals surface area contributed by atoms with Gasteiger partial charge in [0.25, 0.3) is 0 Å². The summed E-state index contributed by atoms with van der Waals surface area (Å²) in [4.78, 5) is 16.0. The molecule has 6 heteroatoms. The second-order valence-corrected chi connectivity index (χ2v) is 5.92. The average Bonchev–Trinajstić information content (AvgIpc) is 2.61. The predicted octanol–water partition coefficient (Wildman–Crippen LogP) is 4.07. The first-order valence-electron chi connectivity index (χ1n) is 7.17. The van der Waals surface area contributed by atoms with E-state index in [0.29, 0.717) is 23.3 Å². The van der Waals surface area contributed by atoms with Crippen LogP contribution in [0.2, 0.25) is 0 Å². The van der Waals surface area contributed by atoms with Crippen LogP contribution >= 0.6 is 15.9 Å². The molecule has 1 heterocycles. The maximum atomic E-state index is 11.8. The highest BCUT2D eigenvalue weighted by Crippen LogP contribution is 2.34. The number of pyridine rings is 1. The Hall–Kier alpha value is -2.60. The van der Waals surface area contributed by atoms with Gasteiger partial charge in [0.1, 0.15) is 23.6 Å². The van der Waals surface area contributed by atoms with Gasteiger partial charge >= 0.3 is 5.97 Å². The molecule has 0 aliphatic carbocycles. The summed E-state index contributed by atoms with van der Waals surface area (Å²) in [5, 5.41) is 10.7. The summed E-state index contributed by atoms with van der Waals surface area (Å²) in [5.41, 5.74) is 1.34. The Labute approximate surface area is 147 Å². The Morgan fingerprint density at radius 3 is 2.67 bits per heavy atom. The largest absolute Gasteiger partial charge is 0.505 e. The Morgan fingerprint density at radius 1 is 1.21 bits per heavy atom. The minimum Gasteiger partial charge on any atom is -0.505 e. The van der Waals surface area contributed by atoms with Gasteiger partial charge in [-0.05, 0) is 23.8 Å². The van der Waals surface area contributed by atoms with Gasteiger partial charge in [-0.1, -0.05) is 46.3 Å². The Morgan fingerprint density at radius 2 is 1.96 bits per heavy atom. The fourth-order valence-corrected chi connectivity index (χ4v) is 2.72. The van der Waals surface area contributed by atoms with Crippen molar-refractivity contribution < 1.29 is 19.4 Å². The van der Waals surface area contributed by atoms with E-state index >= 15 is 0 Å². The summed E-state index contributed by atoms with van der Waals surface area (Å²) in [7, 11) is 1.24. The highest BCUT2D eigenvalue weighted by atomic mass is 79.9. The average molecular weight is 388 g/mol. The molecule has 2 aromatic carbocycles. The standard InChI is InChI=1S/C18H14BrNO4/c1-23-18(22)17-14(21)9-12-13(19)7-8-15(16(12)20-17)24-10-11-5-3-2-4-6-11/h2-9,21H,10H2,1H3. The second-order valence-electron chi connectivity index (χ2n) is 5.06. The van der Waals surface area contributed by atoms with Crippen molar-refractivity contribution in [3.63, 3.8) is 0 Å². The number of hydrogen-bond acceptors (Lipinski definition) is 5. The lowest BCUT2D eigenvalue weighted by molar-refractivity contribution is 0.0591. The number of halogens is 1. The van der Waals surface area contributed by atoms with Crippen LogP contribution in [0.5, 0.6) is 11.5 Å². The molecule has 122 valence electrons. The van der Waals surface area contributed by atoms with Crippen LogP contribution in [0.3, 0.4) is 0 Å². The van der Waals surface area contributed by atoms with Crippen LogP contribution in [0.15, 0.2) is 53.0 Å². The Bertz CT molecular complexity index is 896. The van der Waals surface area contributed by atoms with Crippen molar-refractivity contribution in [1.29, 1.82) is 0 Å². The molecule has 1 aromatic heterocycles. The molecule has 0 amide bonds. The number of methoxy groups -OCH3 is 1. The molecule has 0 bridgehead atoms. The van der Waals surface area contributed by atoms with E-state index in [1.165, 1.54) is 13.2 Å². The number of ether oxygens (including phenoxy) is 2. The molecule has 3 aromatic rings. The Balaban J connectivity index is 2.04. The third-order valence-corrected chi connectivity index (χ3v) is 4.18. The van der Waals surface area contributed by atoms with E-state index < -0.39 is 5.97 Å². The maximum Gasteiger partial charge on any atom is 0.360 e. The maximum absolute atomic E-state index is 11.8. The predicted molar refractivity (Wildman–Crippen MR) is 93.2 cm³/mol. The number of aromatic nitrogens is 1. The van der Waals surface area contributed by atoms with Gasteiger partial charge in [0.2, 0.25) is 0 Å². The van der Waals surface area contributed by atoms with Crippen LogP contribution < -0.4 is 4.74 Å². The lowest BCUT2D eigenvalue weighted by atomic mass is 10.1. The first-order chi connectivity index (χ1) is 11.6. The first kappa shape index (κ1) is 16.3. The Kier molecular flexibility index (Phi) is 4.66. The number of benzene rings is 2. The van der Waals surface area contributed by atoms with Gasteiger partial charge < -0.3 is 14.6 Å². The van der Waals surface area contributed by atoms with Gasteiger partial charge in [0.05, 0.1) is 7.11 Å². The van der Waals surface area contributed by atoms with Gasteiger partial charge in [-0.15, -0.1) is 0 Å². The zero-order valence-electron chi connectivity index (χ0n) is 12.8. The van der Waals surface area contributed by atoms with E-state index in [-0.39, 0.29) is 11.4 Å². The molecule has 0 saturated heterocycles. The van der Waals surface area contributed by atoms with E-state index in [2.05, 4.69) is 25.7 Å². The highest BCUT2D eigenvalue weighted by molar-refractivity contribution is 9.10. The van der Waals surface area contributed by atoms with Crippen LogP contribution in [-0.2, 0) is 11.3 Å². The van der Waals surface area contributed by atoms with E-state index in [1.807, 2.05) is 36.4 Å². The summed E-state index contributed by atoms with van der Waals surface area (Å²) >= 11 is 3.42. The summed E-state index contributed by atoms with van der Waals surface area (Å²) in [6, 6.07) is 14.8. The van der Waals surface area contributed by atoms with E-state index in [4.69, 9.17) is 4.74 Å². The first-order valence-corrected chi connectivity index (χ1v) is 7.96. The van der Waals surface area contributed by atoms with E-state index in [0.717, 1.165) is 10.0 Å². The van der Waals surface area contributed by atoms with Crippen molar-refractivity contribution in [3.8, 4) is 11.5 Å². The van der Waals surface area contributed by atoms with Gasteiger partial charge in [0.15, 0.2) is 5.69 Å². The number of esters is 1. The molecule has 24 heavy (non-hydrogen) atoms. The summed E-state index contributed by atoms with van der Waals surface area (Å²) in [6.45, 7) is 0.369. The molecule has 0 atom stereocenters. The van der Waals surface area contributed by atoms with Crippen LogP contribution in [-0.4, -0.2) is 23.2 Å². The minimum absolute atomic E-state index is 0.146. The highest BCUT2D eigenvalue weighted by Gasteiger charge is 2.18. The number of rotatable bonds is 4. The van der Waals surface area contributed by atoms with Crippen molar-refractivity contribution in [2.24, 2.45) is 0 Å². The molecular formula is C18H14BrNO4. The fraction of sp³-hybridized carbons (Fsp3) is 0.111. The topological polar surface area (TPSA) is 68.7 Å². The quantitative estimate of drug-likeness (QED) is 0.683. The number of carbonyl (C=O) groups excluding carboxylic acids is 1. The smallest absolute Gasteiger partial charge is 0.360 e. The van der Waals surface area contributed by atoms with Crippen LogP contribution in [0.25, 0.3) is 10.9 Å². The van der Waals surface area contributed by atoms with E-state index in [1.54, 1.807) is 6.07 Å². The normalized spacial score (nSPS) is 10.6. The lowest BCUT2D eigenvalue weighted by Crippen LogP contribution is -2.06. The summed E-state index contributed by atoms with van der Waals surface area (Å²) < 4.78 is 11.2. The van der Waals surface area contributed by atoms with Crippen molar-refractivity contribution >= 4 is 32.8 Å². The van der Waals surface area contributed by atoms with Crippen LogP contribution in [0.4, 0.5) is 0 Å². The number of hydrogen-bond donors (Lipinski definition) is 1. The van der Waals surface area contributed by atoms with Crippen molar-refractivity contribution in [1.82, 2.24) is 4.98 Å². The van der Waals surface area contributed by atoms with Gasteiger partial charge in [-0.2, -0.15) is 0 Å². The molecule has 0 fully saturated rings. The number of carbonyl (C=O) groups is 1. The van der Waals surface area contributed by atoms with Crippen LogP contribution in [0.1, 0.15) is 16.1 Å². The zero-order chi connectivity index (χ0) is 17.1. The van der Waals surface area contributed by atoms with E-state index in [9.17, 15) is 9.90 Å². The number of fused-ring (bicyclic) bond motifs is 1. The molecule has 5 nitrogen and oxygen atoms in total. The van der Waals surface area contributed by atoms with Gasteiger partial charge in [0, 0.05) is 9.86 Å². The zero-order valence-corrected chi connectivity index (χ0v) is 14.4. The molecule has 0 unspecified atom stereocenters. The van der Waals surface area contributed by atoms with Crippen LogP contribution in [0, 0.1) is 0 Å². The SMILES string of the molecule is COC(=O)c1nc2c(OCc3ccccc3)ccc(Br)c2cc1O. The molecule has 0 aliphatic heterocycles. The summed E-state index contributed by atoms with van der Waals surface area (Å²) in [6.07, 6.45) is 0. The molecule has 1 N–H and O–H groups in total. The van der Waals surface area contributed by atoms with Gasteiger partial charge in [-0.25, -0.2) is 9.78 Å². The van der Waals surface area contributed by atoms with Crippen molar-refractivity contribution in [2.45, 2.75) is 6.61 Å². The number of nitrogens with zero attached hydrogens (tertiary/aromatic N) is 1. The second kappa shape index (κ2) is 6.88. The third-order valence-electron chi connectivity index (χ3n) is 3.49. The molecule has 0 saturated carbocycles. The van der Waals surface area contributed by atoms with Crippen molar-refractivity contribution in [2.75, 3.05) is 7.11 Å². The molecule has 3 rings (SSSR count). The molecule has 0 spiro atoms. The fourth-order valence-electron chi connectivity index (χ4n) is 2.29. The summed E-state index contributed by atoms with van der Waals surface area (Å²) in [5.74, 6) is -0.430. The molecule has 0 aliphatic rings. The number of aromatic hydroxyl groups is 1. The van der Waals surface area contributed by atoms with Gasteiger partial charge in [-0.3, -0.25) is 0 Å². The molecule has 0 radical (unpaired) electrons. The monoisotopic (exact) mass is 387 g/mol.